The molecule has 1 unspecified atom stereocenters. The molecule has 0 bridgehead atoms. The molecule has 47 heavy (non-hydrogen) atoms. The predicted octanol–water partition coefficient (Wildman–Crippen LogP) is 4.46. The monoisotopic (exact) mass is 734 g/mol. The third-order valence-corrected chi connectivity index (χ3v) is 11.3. The van der Waals surface area contributed by atoms with E-state index < -0.39 is 45.8 Å². The number of carbonyl (C=O) groups is 4. The molecule has 2 amide bonds. The number of benzene rings is 2. The van der Waals surface area contributed by atoms with Gasteiger partial charge in [-0.15, -0.1) is 34.9 Å². The molecule has 0 aliphatic heterocycles. The molecule has 0 spiro atoms. The summed E-state index contributed by atoms with van der Waals surface area (Å²) in [6.45, 7) is 3.01. The molecule has 0 aliphatic rings. The molecule has 0 aliphatic carbocycles. The molecule has 7 N–H and O–H groups in total. The Bertz CT molecular complexity index is 1760. The Kier molecular flexibility index (Phi) is 13.9. The number of nitrogens with two attached hydrogens (primary N) is 1. The van der Waals surface area contributed by atoms with Crippen LogP contribution in [0.25, 0.3) is 11.1 Å². The number of hydrogen-bond donors (Lipinski definition) is 6. The number of aliphatic carboxylic acids is 2. The molecule has 0 saturated carbocycles. The standard InChI is InChI=1S/C26H28N4O6S4.C2HF3O2/c1-14-9-10-19(40(35,36)20-11-18(24(27)28)39-26(20)37-3)23(22(14)16-7-5-4-6-8-16)30-21(32)13-38-12-17(25(33)34)29-15(2)31;3-2(4,5)1(6)7/h4-11,17H,12-13H2,1-3H3,(H3,27,28)(H,29,31)(H,30,32)(H,33,34);(H,6,7). The van der Waals surface area contributed by atoms with Crippen LogP contribution in [0.3, 0.4) is 0 Å². The van der Waals surface area contributed by atoms with Gasteiger partial charge in [0.25, 0.3) is 0 Å². The van der Waals surface area contributed by atoms with Gasteiger partial charge in [-0.1, -0.05) is 36.4 Å². The summed E-state index contributed by atoms with van der Waals surface area (Å²) in [5.41, 5.74) is 7.67. The van der Waals surface area contributed by atoms with Crippen molar-refractivity contribution in [3.05, 3.63) is 59.0 Å². The molecule has 254 valence electrons. The fraction of sp³-hybridized carbons (Fsp3) is 0.250. The van der Waals surface area contributed by atoms with Crippen LogP contribution in [0, 0.1) is 12.3 Å². The zero-order valence-electron chi connectivity index (χ0n) is 24.8. The van der Waals surface area contributed by atoms with Gasteiger partial charge in [0.2, 0.25) is 21.7 Å². The lowest BCUT2D eigenvalue weighted by atomic mass is 9.98. The Hall–Kier alpha value is -4.07. The number of hydrogen-bond acceptors (Lipinski definition) is 10. The second-order valence-corrected chi connectivity index (χ2v) is 14.4. The summed E-state index contributed by atoms with van der Waals surface area (Å²) in [7, 11) is -4.19. The van der Waals surface area contributed by atoms with Gasteiger partial charge in [-0.25, -0.2) is 18.0 Å². The van der Waals surface area contributed by atoms with Crippen LogP contribution in [0.4, 0.5) is 18.9 Å². The molecule has 1 heterocycles. The van der Waals surface area contributed by atoms with E-state index in [9.17, 15) is 41.1 Å². The van der Waals surface area contributed by atoms with Crippen molar-refractivity contribution in [3.63, 3.8) is 0 Å². The maximum Gasteiger partial charge on any atom is 0.490 e. The number of aryl methyl sites for hydroxylation is 1. The third-order valence-electron chi connectivity index (χ3n) is 5.83. The molecule has 19 heteroatoms. The molecule has 1 aromatic heterocycles. The molecule has 0 fully saturated rings. The highest BCUT2D eigenvalue weighted by Crippen LogP contribution is 2.42. The summed E-state index contributed by atoms with van der Waals surface area (Å²) in [4.78, 5) is 44.9. The van der Waals surface area contributed by atoms with Crippen LogP contribution in [0.1, 0.15) is 17.4 Å². The van der Waals surface area contributed by atoms with Crippen LogP contribution < -0.4 is 16.4 Å². The van der Waals surface area contributed by atoms with Crippen molar-refractivity contribution in [3.8, 4) is 11.1 Å². The van der Waals surface area contributed by atoms with Gasteiger partial charge in [0.15, 0.2) is 0 Å². The van der Waals surface area contributed by atoms with Crippen molar-refractivity contribution >= 4 is 80.0 Å². The largest absolute Gasteiger partial charge is 0.490 e. The summed E-state index contributed by atoms with van der Waals surface area (Å²) in [6.07, 6.45) is -3.36. The van der Waals surface area contributed by atoms with Crippen molar-refractivity contribution in [2.24, 2.45) is 5.73 Å². The maximum atomic E-state index is 14.0. The van der Waals surface area contributed by atoms with Gasteiger partial charge in [-0.05, 0) is 36.4 Å². The minimum absolute atomic E-state index is 0.0115. The summed E-state index contributed by atoms with van der Waals surface area (Å²) < 4.78 is 60.3. The van der Waals surface area contributed by atoms with Crippen molar-refractivity contribution in [1.82, 2.24) is 5.32 Å². The van der Waals surface area contributed by atoms with Crippen LogP contribution in [0.2, 0.25) is 0 Å². The first-order chi connectivity index (χ1) is 21.8. The van der Waals surface area contributed by atoms with Crippen LogP contribution in [0.15, 0.2) is 62.5 Å². The predicted molar refractivity (Wildman–Crippen MR) is 174 cm³/mol. The lowest BCUT2D eigenvalue weighted by Crippen LogP contribution is -2.41. The second kappa shape index (κ2) is 16.7. The minimum atomic E-state index is -5.08. The number of sulfone groups is 1. The zero-order chi connectivity index (χ0) is 35.7. The van der Waals surface area contributed by atoms with E-state index in [4.69, 9.17) is 21.0 Å². The van der Waals surface area contributed by atoms with E-state index >= 15 is 0 Å². The average Bonchev–Trinajstić information content (AvgIpc) is 3.43. The van der Waals surface area contributed by atoms with E-state index in [1.165, 1.54) is 30.8 Å². The van der Waals surface area contributed by atoms with E-state index in [1.807, 2.05) is 6.07 Å². The molecule has 12 nitrogen and oxygen atoms in total. The Morgan fingerprint density at radius 3 is 2.15 bits per heavy atom. The van der Waals surface area contributed by atoms with Gasteiger partial charge in [0.05, 0.1) is 30.3 Å². The Morgan fingerprint density at radius 1 is 1.06 bits per heavy atom. The van der Waals surface area contributed by atoms with E-state index in [0.717, 1.165) is 28.7 Å². The van der Waals surface area contributed by atoms with Crippen molar-refractivity contribution < 1.29 is 51.0 Å². The number of anilines is 1. The quantitative estimate of drug-likeness (QED) is 0.0868. The summed E-state index contributed by atoms with van der Waals surface area (Å²) in [6, 6.07) is 12.3. The molecule has 1 atom stereocenters. The topological polar surface area (TPSA) is 217 Å². The van der Waals surface area contributed by atoms with Crippen molar-refractivity contribution in [2.45, 2.75) is 40.1 Å². The van der Waals surface area contributed by atoms with Crippen LogP contribution >= 0.6 is 34.9 Å². The minimum Gasteiger partial charge on any atom is -0.480 e. The van der Waals surface area contributed by atoms with Gasteiger partial charge in [0, 0.05) is 18.2 Å². The number of carbonyl (C=O) groups excluding carboxylic acids is 2. The van der Waals surface area contributed by atoms with Crippen molar-refractivity contribution in [1.29, 1.82) is 5.41 Å². The molecule has 2 aromatic carbocycles. The summed E-state index contributed by atoms with van der Waals surface area (Å²) in [5, 5.41) is 29.3. The fourth-order valence-corrected chi connectivity index (χ4v) is 8.67. The lowest BCUT2D eigenvalue weighted by molar-refractivity contribution is -0.192. The third kappa shape index (κ3) is 10.7. The molecule has 3 rings (SSSR count). The van der Waals surface area contributed by atoms with Crippen molar-refractivity contribution in [2.75, 3.05) is 23.1 Å². The van der Waals surface area contributed by atoms with Gasteiger partial charge >= 0.3 is 18.1 Å². The smallest absolute Gasteiger partial charge is 0.480 e. The number of thioether (sulfide) groups is 2. The van der Waals surface area contributed by atoms with Gasteiger partial charge in [0.1, 0.15) is 11.9 Å². The number of carboxylic acid groups (broad SMARTS) is 2. The zero-order valence-corrected chi connectivity index (χ0v) is 28.1. The number of rotatable bonds is 12. The average molecular weight is 735 g/mol. The Labute approximate surface area is 279 Å². The van der Waals surface area contributed by atoms with E-state index in [1.54, 1.807) is 43.5 Å². The highest BCUT2D eigenvalue weighted by atomic mass is 32.2. The number of alkyl halides is 3. The highest BCUT2D eigenvalue weighted by molar-refractivity contribution is 8.01. The fourth-order valence-electron chi connectivity index (χ4n) is 3.82. The second-order valence-electron chi connectivity index (χ2n) is 9.34. The first-order valence-corrected chi connectivity index (χ1v) is 17.6. The molecule has 0 saturated heterocycles. The summed E-state index contributed by atoms with van der Waals surface area (Å²) >= 11 is 3.31. The van der Waals surface area contributed by atoms with Crippen LogP contribution in [0.5, 0.6) is 0 Å². The van der Waals surface area contributed by atoms with Crippen LogP contribution in [-0.4, -0.2) is 78.2 Å². The lowest BCUT2D eigenvalue weighted by Gasteiger charge is -2.19. The molecular weight excluding hydrogens is 706 g/mol. The number of amidine groups is 1. The SMILES string of the molecule is CSc1sc(C(=N)N)cc1S(=O)(=O)c1ccc(C)c(-c2ccccc2)c1NC(=O)CSCC(NC(C)=O)C(=O)O.O=C(O)C(F)(F)F. The Balaban J connectivity index is 0.000000984. The van der Waals surface area contributed by atoms with Crippen LogP contribution in [-0.2, 0) is 29.0 Å². The highest BCUT2D eigenvalue weighted by Gasteiger charge is 2.38. The molecule has 3 aromatic rings. The normalized spacial score (nSPS) is 11.9. The number of thiophene rings is 1. The van der Waals surface area contributed by atoms with E-state index in [0.29, 0.717) is 20.2 Å². The summed E-state index contributed by atoms with van der Waals surface area (Å²) in [5.74, 6) is -5.54. The number of carboxylic acids is 2. The van der Waals surface area contributed by atoms with Gasteiger partial charge < -0.3 is 26.6 Å². The number of nitrogens with one attached hydrogen (secondary N) is 3. The molecule has 0 radical (unpaired) electrons. The van der Waals surface area contributed by atoms with E-state index in [-0.39, 0.29) is 32.8 Å². The number of nitrogen functional groups attached to an aromatic ring is 1. The van der Waals surface area contributed by atoms with E-state index in [2.05, 4.69) is 10.6 Å². The first-order valence-electron chi connectivity index (χ1n) is 12.9. The number of halogens is 3. The number of amides is 2. The Morgan fingerprint density at radius 2 is 1.66 bits per heavy atom. The van der Waals surface area contributed by atoms with Gasteiger partial charge in [-0.3, -0.25) is 15.0 Å². The van der Waals surface area contributed by atoms with Gasteiger partial charge in [-0.2, -0.15) is 13.2 Å². The first kappa shape index (κ1) is 39.1. The molecular formula is C28H29F3N4O8S4. The maximum absolute atomic E-state index is 14.0.